The van der Waals surface area contributed by atoms with E-state index < -0.39 is 11.7 Å². The van der Waals surface area contributed by atoms with Gasteiger partial charge in [-0.25, -0.2) is 4.39 Å². The maximum atomic E-state index is 13.8. The zero-order valence-electron chi connectivity index (χ0n) is 13.4. The van der Waals surface area contributed by atoms with Crippen LogP contribution in [0.25, 0.3) is 16.7 Å². The predicted octanol–water partition coefficient (Wildman–Crippen LogP) is 4.47. The Kier molecular flexibility index (Phi) is 4.10. The molecule has 4 aromatic rings. The fourth-order valence-electron chi connectivity index (χ4n) is 2.55. The van der Waals surface area contributed by atoms with E-state index in [0.29, 0.717) is 21.7 Å². The average Bonchev–Trinajstić information content (AvgIpc) is 3.06. The number of carbonyl (C=O) groups excluding carboxylic acids is 1. The van der Waals surface area contributed by atoms with Crippen molar-refractivity contribution >= 4 is 34.2 Å². The summed E-state index contributed by atoms with van der Waals surface area (Å²) in [7, 11) is 0. The molecule has 0 unspecified atom stereocenters. The van der Waals surface area contributed by atoms with Gasteiger partial charge in [0.2, 0.25) is 0 Å². The minimum atomic E-state index is -0.600. The zero-order chi connectivity index (χ0) is 18.1. The molecule has 0 saturated carbocycles. The smallest absolute Gasteiger partial charge is 0.258 e. The number of nitrogens with one attached hydrogen (secondary N) is 1. The number of rotatable bonds is 3. The van der Waals surface area contributed by atoms with Crippen LogP contribution < -0.4 is 5.32 Å². The molecule has 1 aromatic heterocycles. The van der Waals surface area contributed by atoms with Crippen LogP contribution in [0.3, 0.4) is 0 Å². The van der Waals surface area contributed by atoms with Crippen LogP contribution in [-0.4, -0.2) is 20.9 Å². The molecule has 5 nitrogen and oxygen atoms in total. The van der Waals surface area contributed by atoms with Crippen molar-refractivity contribution in [1.82, 2.24) is 15.0 Å². The van der Waals surface area contributed by atoms with Crippen molar-refractivity contribution in [3.63, 3.8) is 0 Å². The van der Waals surface area contributed by atoms with Crippen molar-refractivity contribution in [1.29, 1.82) is 0 Å². The standard InChI is InChI=1S/C19H12ClFN4O/c20-14-10-17-18(24-25(23-17)12-6-2-1-3-7-12)11-16(14)22-19(26)13-8-4-5-9-15(13)21/h1-11H,(H,22,26). The number of halogens is 2. The number of carbonyl (C=O) groups is 1. The first-order valence-electron chi connectivity index (χ1n) is 7.80. The van der Waals surface area contributed by atoms with Crippen molar-refractivity contribution in [2.75, 3.05) is 5.32 Å². The van der Waals surface area contributed by atoms with Crippen LogP contribution in [0.1, 0.15) is 10.4 Å². The monoisotopic (exact) mass is 366 g/mol. The van der Waals surface area contributed by atoms with Gasteiger partial charge in [0.1, 0.15) is 16.9 Å². The summed E-state index contributed by atoms with van der Waals surface area (Å²) in [6.07, 6.45) is 0. The van der Waals surface area contributed by atoms with Gasteiger partial charge in [0, 0.05) is 0 Å². The molecule has 128 valence electrons. The quantitative estimate of drug-likeness (QED) is 0.582. The van der Waals surface area contributed by atoms with E-state index >= 15 is 0 Å². The number of benzene rings is 3. The number of hydrogen-bond donors (Lipinski definition) is 1. The molecule has 1 heterocycles. The van der Waals surface area contributed by atoms with Gasteiger partial charge < -0.3 is 5.32 Å². The number of fused-ring (bicyclic) bond motifs is 1. The molecule has 0 radical (unpaired) electrons. The van der Waals surface area contributed by atoms with Crippen molar-refractivity contribution < 1.29 is 9.18 Å². The van der Waals surface area contributed by atoms with Gasteiger partial charge in [-0.1, -0.05) is 41.9 Å². The van der Waals surface area contributed by atoms with Crippen LogP contribution in [0.5, 0.6) is 0 Å². The number of para-hydroxylation sites is 1. The SMILES string of the molecule is O=C(Nc1cc2nn(-c3ccccc3)nc2cc1Cl)c1ccccc1F. The van der Waals surface area contributed by atoms with Gasteiger partial charge in [-0.2, -0.15) is 4.80 Å². The molecule has 0 aliphatic heterocycles. The van der Waals surface area contributed by atoms with E-state index in [1.54, 1.807) is 18.2 Å². The topological polar surface area (TPSA) is 59.8 Å². The normalized spacial score (nSPS) is 10.8. The maximum absolute atomic E-state index is 13.8. The Morgan fingerprint density at radius 1 is 0.962 bits per heavy atom. The molecule has 4 rings (SSSR count). The number of amides is 1. The molecule has 1 N–H and O–H groups in total. The van der Waals surface area contributed by atoms with Crippen LogP contribution in [0.2, 0.25) is 5.02 Å². The molecule has 0 saturated heterocycles. The van der Waals surface area contributed by atoms with Crippen molar-refractivity contribution in [3.8, 4) is 5.69 Å². The van der Waals surface area contributed by atoms with Gasteiger partial charge in [0.05, 0.1) is 22.0 Å². The Balaban J connectivity index is 1.69. The lowest BCUT2D eigenvalue weighted by Crippen LogP contribution is -2.13. The van der Waals surface area contributed by atoms with Gasteiger partial charge >= 0.3 is 0 Å². The van der Waals surface area contributed by atoms with Crippen molar-refractivity contribution in [3.05, 3.63) is 83.1 Å². The first-order chi connectivity index (χ1) is 12.6. The minimum absolute atomic E-state index is 0.0587. The molecule has 3 aromatic carbocycles. The molecular weight excluding hydrogens is 355 g/mol. The van der Waals surface area contributed by atoms with Crippen LogP contribution >= 0.6 is 11.6 Å². The van der Waals surface area contributed by atoms with Crippen LogP contribution in [0, 0.1) is 5.82 Å². The fraction of sp³-hybridized carbons (Fsp3) is 0. The fourth-order valence-corrected chi connectivity index (χ4v) is 2.75. The predicted molar refractivity (Wildman–Crippen MR) is 98.2 cm³/mol. The summed E-state index contributed by atoms with van der Waals surface area (Å²) in [4.78, 5) is 13.8. The summed E-state index contributed by atoms with van der Waals surface area (Å²) in [5.41, 5.74) is 2.23. The molecule has 0 fully saturated rings. The lowest BCUT2D eigenvalue weighted by atomic mass is 10.2. The Morgan fingerprint density at radius 2 is 1.62 bits per heavy atom. The molecule has 0 atom stereocenters. The summed E-state index contributed by atoms with van der Waals surface area (Å²) in [5.74, 6) is -1.18. The Bertz CT molecular complexity index is 1110. The maximum Gasteiger partial charge on any atom is 0.258 e. The molecule has 0 bridgehead atoms. The summed E-state index contributed by atoms with van der Waals surface area (Å²) in [6.45, 7) is 0. The summed E-state index contributed by atoms with van der Waals surface area (Å²) >= 11 is 6.24. The summed E-state index contributed by atoms with van der Waals surface area (Å²) < 4.78 is 13.8. The zero-order valence-corrected chi connectivity index (χ0v) is 14.1. The van der Waals surface area contributed by atoms with E-state index in [0.717, 1.165) is 5.69 Å². The second kappa shape index (κ2) is 6.57. The van der Waals surface area contributed by atoms with Crippen LogP contribution in [-0.2, 0) is 0 Å². The van der Waals surface area contributed by atoms with E-state index in [1.807, 2.05) is 30.3 Å². The van der Waals surface area contributed by atoms with E-state index in [2.05, 4.69) is 15.5 Å². The van der Waals surface area contributed by atoms with E-state index in [1.165, 1.54) is 23.0 Å². The molecular formula is C19H12ClFN4O. The molecule has 7 heteroatoms. The highest BCUT2D eigenvalue weighted by Crippen LogP contribution is 2.27. The van der Waals surface area contributed by atoms with Gasteiger partial charge in [0.15, 0.2) is 0 Å². The summed E-state index contributed by atoms with van der Waals surface area (Å²) in [5, 5.41) is 11.7. The highest BCUT2D eigenvalue weighted by atomic mass is 35.5. The third-order valence-electron chi connectivity index (χ3n) is 3.82. The van der Waals surface area contributed by atoms with Gasteiger partial charge in [-0.05, 0) is 36.4 Å². The number of hydrogen-bond acceptors (Lipinski definition) is 3. The third kappa shape index (κ3) is 3.02. The van der Waals surface area contributed by atoms with E-state index in [-0.39, 0.29) is 5.56 Å². The first kappa shape index (κ1) is 16.2. The average molecular weight is 367 g/mol. The largest absolute Gasteiger partial charge is 0.320 e. The highest BCUT2D eigenvalue weighted by Gasteiger charge is 2.15. The lowest BCUT2D eigenvalue weighted by molar-refractivity contribution is 0.102. The molecule has 26 heavy (non-hydrogen) atoms. The number of nitrogens with zero attached hydrogens (tertiary/aromatic N) is 3. The summed E-state index contributed by atoms with van der Waals surface area (Å²) in [6, 6.07) is 18.4. The van der Waals surface area contributed by atoms with Crippen LogP contribution in [0.4, 0.5) is 10.1 Å². The second-order valence-corrected chi connectivity index (χ2v) is 5.99. The molecule has 0 spiro atoms. The van der Waals surface area contributed by atoms with Gasteiger partial charge in [0.25, 0.3) is 5.91 Å². The van der Waals surface area contributed by atoms with Crippen LogP contribution in [0.15, 0.2) is 66.7 Å². The highest BCUT2D eigenvalue weighted by molar-refractivity contribution is 6.34. The number of aromatic nitrogens is 3. The number of anilines is 1. The van der Waals surface area contributed by atoms with E-state index in [4.69, 9.17) is 11.6 Å². The molecule has 0 aliphatic rings. The van der Waals surface area contributed by atoms with Crippen molar-refractivity contribution in [2.45, 2.75) is 0 Å². The Morgan fingerprint density at radius 3 is 2.35 bits per heavy atom. The van der Waals surface area contributed by atoms with Gasteiger partial charge in [-0.3, -0.25) is 4.79 Å². The Hall–Kier alpha value is -3.25. The molecule has 0 aliphatic carbocycles. The third-order valence-corrected chi connectivity index (χ3v) is 4.14. The van der Waals surface area contributed by atoms with Gasteiger partial charge in [-0.15, -0.1) is 10.2 Å². The minimum Gasteiger partial charge on any atom is -0.320 e. The van der Waals surface area contributed by atoms with E-state index in [9.17, 15) is 9.18 Å². The molecule has 1 amide bonds. The Labute approximate surface area is 153 Å². The first-order valence-corrected chi connectivity index (χ1v) is 8.17. The second-order valence-electron chi connectivity index (χ2n) is 5.58. The van der Waals surface area contributed by atoms with Crippen molar-refractivity contribution in [2.24, 2.45) is 0 Å². The lowest BCUT2D eigenvalue weighted by Gasteiger charge is -2.07.